The van der Waals surface area contributed by atoms with Crippen molar-refractivity contribution in [3.63, 3.8) is 0 Å². The van der Waals surface area contributed by atoms with Crippen molar-refractivity contribution in [2.24, 2.45) is 0 Å². The molecule has 0 amide bonds. The molecule has 0 spiro atoms. The molecule has 0 unspecified atom stereocenters. The predicted molar refractivity (Wildman–Crippen MR) is 239 cm³/mol. The normalized spacial score (nSPS) is 12.0. The molecule has 0 saturated heterocycles. The zero-order chi connectivity index (χ0) is 37.6. The van der Waals surface area contributed by atoms with Crippen LogP contribution in [0.15, 0.2) is 206 Å². The first-order valence-electron chi connectivity index (χ1n) is 19.4. The van der Waals surface area contributed by atoms with Gasteiger partial charge in [0.1, 0.15) is 0 Å². The minimum atomic E-state index is 1.12. The summed E-state index contributed by atoms with van der Waals surface area (Å²) < 4.78 is 0. The van der Waals surface area contributed by atoms with Crippen molar-refractivity contribution in [3.8, 4) is 11.1 Å². The topological polar surface area (TPSA) is 6.48 Å². The first-order chi connectivity index (χ1) is 27.6. The molecular formula is C54H40N2. The van der Waals surface area contributed by atoms with Crippen LogP contribution in [0.5, 0.6) is 0 Å². The second kappa shape index (κ2) is 13.9. The maximum atomic E-state index is 2.41. The molecule has 9 aromatic rings. The first kappa shape index (κ1) is 33.4. The molecule has 0 heterocycles. The fourth-order valence-corrected chi connectivity index (χ4v) is 8.62. The Morgan fingerprint density at radius 1 is 0.339 bits per heavy atom. The molecule has 0 radical (unpaired) electrons. The number of para-hydroxylation sites is 3. The van der Waals surface area contributed by atoms with E-state index in [1.54, 1.807) is 0 Å². The number of benzene rings is 9. The van der Waals surface area contributed by atoms with Gasteiger partial charge in [0, 0.05) is 33.8 Å². The van der Waals surface area contributed by atoms with E-state index >= 15 is 0 Å². The Bertz CT molecular complexity index is 2870. The van der Waals surface area contributed by atoms with E-state index in [0.29, 0.717) is 0 Å². The molecule has 9 aromatic carbocycles. The lowest BCUT2D eigenvalue weighted by atomic mass is 9.90. The van der Waals surface area contributed by atoms with E-state index in [-0.39, 0.29) is 0 Å². The Labute approximate surface area is 328 Å². The third-order valence-electron chi connectivity index (χ3n) is 11.3. The van der Waals surface area contributed by atoms with Crippen LogP contribution in [0.25, 0.3) is 43.8 Å². The Morgan fingerprint density at radius 3 is 1.59 bits per heavy atom. The SMILES string of the molecule is CC1=C(c2cc(-c3ccc(N(c4ccccc4)c4cccc5ccccc45)cc3)ccc2C)c2cc(N(c3ccccc3)c3ccccc3)cc3cccc1c23. The molecule has 1 aliphatic carbocycles. The van der Waals surface area contributed by atoms with Gasteiger partial charge in [-0.3, -0.25) is 0 Å². The van der Waals surface area contributed by atoms with Gasteiger partial charge >= 0.3 is 0 Å². The van der Waals surface area contributed by atoms with Crippen LogP contribution in [0.4, 0.5) is 34.1 Å². The zero-order valence-corrected chi connectivity index (χ0v) is 31.5. The number of nitrogens with zero attached hydrogens (tertiary/aromatic N) is 2. The van der Waals surface area contributed by atoms with Gasteiger partial charge in [-0.25, -0.2) is 0 Å². The van der Waals surface area contributed by atoms with Gasteiger partial charge in [-0.2, -0.15) is 0 Å². The van der Waals surface area contributed by atoms with Crippen LogP contribution in [-0.2, 0) is 0 Å². The summed E-state index contributed by atoms with van der Waals surface area (Å²) in [6.07, 6.45) is 0. The minimum Gasteiger partial charge on any atom is -0.310 e. The van der Waals surface area contributed by atoms with Crippen molar-refractivity contribution in [1.82, 2.24) is 0 Å². The third-order valence-corrected chi connectivity index (χ3v) is 11.3. The van der Waals surface area contributed by atoms with E-state index in [1.165, 1.54) is 66.1 Å². The molecule has 0 saturated carbocycles. The maximum absolute atomic E-state index is 2.41. The molecule has 266 valence electrons. The Morgan fingerprint density at radius 2 is 0.893 bits per heavy atom. The lowest BCUT2D eigenvalue weighted by Crippen LogP contribution is -2.10. The molecular weight excluding hydrogens is 677 g/mol. The fraction of sp³-hybridized carbons (Fsp3) is 0.0370. The summed E-state index contributed by atoms with van der Waals surface area (Å²) >= 11 is 0. The van der Waals surface area contributed by atoms with Gasteiger partial charge in [0.15, 0.2) is 0 Å². The van der Waals surface area contributed by atoms with E-state index < -0.39 is 0 Å². The summed E-state index contributed by atoms with van der Waals surface area (Å²) in [5.74, 6) is 0. The van der Waals surface area contributed by atoms with Crippen molar-refractivity contribution in [1.29, 1.82) is 0 Å². The Hall–Kier alpha value is -7.16. The highest BCUT2D eigenvalue weighted by Crippen LogP contribution is 2.49. The van der Waals surface area contributed by atoms with Crippen LogP contribution in [0.1, 0.15) is 29.2 Å². The second-order valence-corrected chi connectivity index (χ2v) is 14.6. The van der Waals surface area contributed by atoms with Crippen LogP contribution >= 0.6 is 0 Å². The van der Waals surface area contributed by atoms with Gasteiger partial charge in [-0.05, 0) is 147 Å². The second-order valence-electron chi connectivity index (χ2n) is 14.6. The van der Waals surface area contributed by atoms with Gasteiger partial charge in [0.05, 0.1) is 5.69 Å². The average molecular weight is 717 g/mol. The van der Waals surface area contributed by atoms with Crippen molar-refractivity contribution in [2.45, 2.75) is 13.8 Å². The highest BCUT2D eigenvalue weighted by Gasteiger charge is 2.26. The van der Waals surface area contributed by atoms with Crippen LogP contribution < -0.4 is 9.80 Å². The number of rotatable bonds is 8. The van der Waals surface area contributed by atoms with Gasteiger partial charge in [0.25, 0.3) is 0 Å². The maximum Gasteiger partial charge on any atom is 0.0540 e. The van der Waals surface area contributed by atoms with Crippen molar-refractivity contribution in [2.75, 3.05) is 9.80 Å². The third kappa shape index (κ3) is 5.75. The highest BCUT2D eigenvalue weighted by atomic mass is 15.1. The van der Waals surface area contributed by atoms with Crippen LogP contribution in [0, 0.1) is 6.92 Å². The lowest BCUT2D eigenvalue weighted by Gasteiger charge is -2.27. The van der Waals surface area contributed by atoms with Gasteiger partial charge in [0.2, 0.25) is 0 Å². The van der Waals surface area contributed by atoms with E-state index in [2.05, 4.69) is 230 Å². The number of anilines is 6. The van der Waals surface area contributed by atoms with Gasteiger partial charge in [-0.1, -0.05) is 133 Å². The number of fused-ring (bicyclic) bond motifs is 1. The summed E-state index contributed by atoms with van der Waals surface area (Å²) in [6.45, 7) is 4.54. The Kier molecular flexibility index (Phi) is 8.30. The predicted octanol–water partition coefficient (Wildman–Crippen LogP) is 15.2. The highest BCUT2D eigenvalue weighted by molar-refractivity contribution is 6.18. The van der Waals surface area contributed by atoms with Crippen LogP contribution in [-0.4, -0.2) is 0 Å². The van der Waals surface area contributed by atoms with E-state index in [9.17, 15) is 0 Å². The van der Waals surface area contributed by atoms with E-state index in [1.807, 2.05) is 0 Å². The number of allylic oxidation sites excluding steroid dienone is 1. The van der Waals surface area contributed by atoms with Crippen molar-refractivity contribution in [3.05, 3.63) is 229 Å². The summed E-state index contributed by atoms with van der Waals surface area (Å²) in [5, 5.41) is 5.03. The lowest BCUT2D eigenvalue weighted by molar-refractivity contribution is 1.29. The summed E-state index contributed by atoms with van der Waals surface area (Å²) in [6, 6.07) is 74.7. The zero-order valence-electron chi connectivity index (χ0n) is 31.5. The molecule has 2 heteroatoms. The molecule has 56 heavy (non-hydrogen) atoms. The molecule has 0 atom stereocenters. The molecule has 0 fully saturated rings. The van der Waals surface area contributed by atoms with Crippen LogP contribution in [0.3, 0.4) is 0 Å². The smallest absolute Gasteiger partial charge is 0.0540 e. The van der Waals surface area contributed by atoms with E-state index in [0.717, 1.165) is 34.1 Å². The summed E-state index contributed by atoms with van der Waals surface area (Å²) in [7, 11) is 0. The van der Waals surface area contributed by atoms with Crippen LogP contribution in [0.2, 0.25) is 0 Å². The largest absolute Gasteiger partial charge is 0.310 e. The molecule has 0 aliphatic heterocycles. The van der Waals surface area contributed by atoms with Crippen molar-refractivity contribution < 1.29 is 0 Å². The number of hydrogen-bond acceptors (Lipinski definition) is 2. The molecule has 2 nitrogen and oxygen atoms in total. The quantitative estimate of drug-likeness (QED) is 0.154. The minimum absolute atomic E-state index is 1.12. The molecule has 1 aliphatic rings. The molecule has 0 aromatic heterocycles. The first-order valence-corrected chi connectivity index (χ1v) is 19.4. The standard InChI is InChI=1S/C54H40N2/c1-37-28-29-41(39-30-32-46(33-31-39)56(45-23-10-5-11-24-45)52-27-15-17-40-16-12-13-25-49(40)52)35-50(37)53-38(2)48-26-14-18-42-34-47(36-51(53)54(42)48)55(43-19-6-3-7-20-43)44-21-8-4-9-22-44/h3-36H,1-2H3. The fourth-order valence-electron chi connectivity index (χ4n) is 8.62. The molecule has 0 N–H and O–H groups in total. The summed E-state index contributed by atoms with van der Waals surface area (Å²) in [5.41, 5.74) is 17.0. The molecule has 10 rings (SSSR count). The van der Waals surface area contributed by atoms with Gasteiger partial charge in [-0.15, -0.1) is 0 Å². The number of aryl methyl sites for hydroxylation is 1. The van der Waals surface area contributed by atoms with Crippen molar-refractivity contribution >= 4 is 66.8 Å². The monoisotopic (exact) mass is 716 g/mol. The molecule has 0 bridgehead atoms. The Balaban J connectivity index is 1.07. The van der Waals surface area contributed by atoms with E-state index in [4.69, 9.17) is 0 Å². The number of hydrogen-bond donors (Lipinski definition) is 0. The average Bonchev–Trinajstić information content (AvgIpc) is 3.54. The summed E-state index contributed by atoms with van der Waals surface area (Å²) in [4.78, 5) is 4.73. The van der Waals surface area contributed by atoms with Gasteiger partial charge < -0.3 is 9.80 Å².